The van der Waals surface area contributed by atoms with Crippen LogP contribution in [-0.2, 0) is 6.18 Å². The Bertz CT molecular complexity index is 1180. The van der Waals surface area contributed by atoms with E-state index in [0.29, 0.717) is 42.0 Å². The number of rotatable bonds is 5. The van der Waals surface area contributed by atoms with Crippen molar-refractivity contribution in [2.45, 2.75) is 25.9 Å². The van der Waals surface area contributed by atoms with Crippen LogP contribution < -0.4 is 9.47 Å². The fraction of sp³-hybridized carbons (Fsp3) is 0.348. The fourth-order valence-corrected chi connectivity index (χ4v) is 3.59. The number of hydrogen-bond acceptors (Lipinski definition) is 6. The molecule has 0 saturated heterocycles. The van der Waals surface area contributed by atoms with E-state index in [4.69, 9.17) is 14.0 Å². The van der Waals surface area contributed by atoms with Gasteiger partial charge < -0.3 is 18.9 Å². The number of halogens is 3. The number of benzene rings is 2. The van der Waals surface area contributed by atoms with Gasteiger partial charge in [-0.1, -0.05) is 12.1 Å². The minimum absolute atomic E-state index is 0.211. The number of alkyl halides is 3. The van der Waals surface area contributed by atoms with Crippen LogP contribution in [-0.4, -0.2) is 47.8 Å². The largest absolute Gasteiger partial charge is 0.486 e. The predicted molar refractivity (Wildman–Crippen MR) is 112 cm³/mol. The molecule has 0 saturated carbocycles. The molecule has 10 heteroatoms. The molecule has 0 bridgehead atoms. The number of nitrogens with zero attached hydrogens (tertiary/aromatic N) is 3. The monoisotopic (exact) mass is 461 g/mol. The van der Waals surface area contributed by atoms with E-state index < -0.39 is 11.7 Å². The summed E-state index contributed by atoms with van der Waals surface area (Å²) in [5.74, 6) is 1.30. The van der Waals surface area contributed by atoms with E-state index in [0.717, 1.165) is 12.1 Å². The molecule has 174 valence electrons. The SMILES string of the molecule is Cc1cc(C(F)(F)F)ccc1C(=O)N(C)CC(C)c1noc(-c2ccc3c(c2)OCCO3)n1. The van der Waals surface area contributed by atoms with Crippen LogP contribution in [0.3, 0.4) is 0 Å². The summed E-state index contributed by atoms with van der Waals surface area (Å²) in [6.45, 7) is 4.52. The molecular weight excluding hydrogens is 439 g/mol. The maximum Gasteiger partial charge on any atom is 0.416 e. The molecule has 0 aliphatic carbocycles. The molecular formula is C23H22F3N3O4. The first-order chi connectivity index (χ1) is 15.6. The third kappa shape index (κ3) is 4.79. The number of carbonyl (C=O) groups excluding carboxylic acids is 1. The highest BCUT2D eigenvalue weighted by atomic mass is 19.4. The van der Waals surface area contributed by atoms with Gasteiger partial charge in [0.15, 0.2) is 17.3 Å². The first-order valence-electron chi connectivity index (χ1n) is 10.3. The highest BCUT2D eigenvalue weighted by Crippen LogP contribution is 2.34. The van der Waals surface area contributed by atoms with Crippen molar-refractivity contribution in [3.8, 4) is 23.0 Å². The van der Waals surface area contributed by atoms with Crippen molar-refractivity contribution in [2.24, 2.45) is 0 Å². The Morgan fingerprint density at radius 2 is 1.85 bits per heavy atom. The van der Waals surface area contributed by atoms with Crippen LogP contribution in [0.4, 0.5) is 13.2 Å². The molecule has 1 aromatic heterocycles. The van der Waals surface area contributed by atoms with Crippen LogP contribution in [0.1, 0.15) is 40.2 Å². The molecule has 3 aromatic rings. The van der Waals surface area contributed by atoms with Crippen molar-refractivity contribution >= 4 is 5.91 Å². The smallest absolute Gasteiger partial charge is 0.416 e. The molecule has 7 nitrogen and oxygen atoms in total. The summed E-state index contributed by atoms with van der Waals surface area (Å²) in [4.78, 5) is 18.7. The zero-order chi connectivity index (χ0) is 23.8. The second-order valence-corrected chi connectivity index (χ2v) is 7.93. The normalized spacial score (nSPS) is 14.1. The van der Waals surface area contributed by atoms with Crippen molar-refractivity contribution in [1.82, 2.24) is 15.0 Å². The van der Waals surface area contributed by atoms with Crippen LogP contribution in [0.5, 0.6) is 11.5 Å². The van der Waals surface area contributed by atoms with Gasteiger partial charge in [-0.2, -0.15) is 18.2 Å². The van der Waals surface area contributed by atoms with E-state index in [1.54, 1.807) is 25.2 Å². The molecule has 1 atom stereocenters. The Hall–Kier alpha value is -3.56. The Morgan fingerprint density at radius 1 is 1.12 bits per heavy atom. The molecule has 2 aromatic carbocycles. The molecule has 33 heavy (non-hydrogen) atoms. The van der Waals surface area contributed by atoms with Gasteiger partial charge in [-0.05, 0) is 48.9 Å². The van der Waals surface area contributed by atoms with E-state index in [1.165, 1.54) is 17.9 Å². The predicted octanol–water partition coefficient (Wildman–Crippen LogP) is 4.71. The van der Waals surface area contributed by atoms with Crippen molar-refractivity contribution in [3.63, 3.8) is 0 Å². The summed E-state index contributed by atoms with van der Waals surface area (Å²) in [7, 11) is 1.58. The molecule has 1 aliphatic rings. The average Bonchev–Trinajstić information content (AvgIpc) is 3.28. The summed E-state index contributed by atoms with van der Waals surface area (Å²) in [6, 6.07) is 8.42. The van der Waals surface area contributed by atoms with Crippen LogP contribution in [0.25, 0.3) is 11.5 Å². The van der Waals surface area contributed by atoms with Crippen LogP contribution >= 0.6 is 0 Å². The lowest BCUT2D eigenvalue weighted by Gasteiger charge is -2.21. The zero-order valence-corrected chi connectivity index (χ0v) is 18.3. The van der Waals surface area contributed by atoms with E-state index >= 15 is 0 Å². The second kappa shape index (κ2) is 8.76. The Morgan fingerprint density at radius 3 is 2.55 bits per heavy atom. The molecule has 0 spiro atoms. The average molecular weight is 461 g/mol. The first kappa shape index (κ1) is 22.6. The van der Waals surface area contributed by atoms with E-state index in [1.807, 2.05) is 6.92 Å². The second-order valence-electron chi connectivity index (χ2n) is 7.93. The van der Waals surface area contributed by atoms with Crippen LogP contribution in [0.15, 0.2) is 40.9 Å². The lowest BCUT2D eigenvalue weighted by molar-refractivity contribution is -0.137. The molecule has 0 N–H and O–H groups in total. The maximum absolute atomic E-state index is 12.9. The highest BCUT2D eigenvalue weighted by molar-refractivity contribution is 5.95. The van der Waals surface area contributed by atoms with Crippen molar-refractivity contribution in [1.29, 1.82) is 0 Å². The van der Waals surface area contributed by atoms with Gasteiger partial charge in [-0.25, -0.2) is 0 Å². The van der Waals surface area contributed by atoms with Crippen molar-refractivity contribution in [2.75, 3.05) is 26.8 Å². The quantitative estimate of drug-likeness (QED) is 0.548. The molecule has 2 heterocycles. The zero-order valence-electron chi connectivity index (χ0n) is 18.3. The van der Waals surface area contributed by atoms with Gasteiger partial charge in [0, 0.05) is 30.6 Å². The number of ether oxygens (including phenoxy) is 2. The minimum Gasteiger partial charge on any atom is -0.486 e. The van der Waals surface area contributed by atoms with E-state index in [2.05, 4.69) is 10.1 Å². The Labute approximate surface area is 188 Å². The van der Waals surface area contributed by atoms with Gasteiger partial charge >= 0.3 is 6.18 Å². The molecule has 1 unspecified atom stereocenters. The molecule has 4 rings (SSSR count). The number of carbonyl (C=O) groups is 1. The van der Waals surface area contributed by atoms with Crippen LogP contribution in [0.2, 0.25) is 0 Å². The molecule has 0 fully saturated rings. The fourth-order valence-electron chi connectivity index (χ4n) is 3.59. The highest BCUT2D eigenvalue weighted by Gasteiger charge is 2.31. The lowest BCUT2D eigenvalue weighted by Crippen LogP contribution is -2.31. The van der Waals surface area contributed by atoms with Gasteiger partial charge in [0.1, 0.15) is 13.2 Å². The van der Waals surface area contributed by atoms with Gasteiger partial charge in [-0.3, -0.25) is 4.79 Å². The van der Waals surface area contributed by atoms with E-state index in [-0.39, 0.29) is 29.5 Å². The maximum atomic E-state index is 12.9. The summed E-state index contributed by atoms with van der Waals surface area (Å²) < 4.78 is 55.2. The van der Waals surface area contributed by atoms with Gasteiger partial charge in [0.2, 0.25) is 0 Å². The third-order valence-electron chi connectivity index (χ3n) is 5.35. The number of amides is 1. The van der Waals surface area contributed by atoms with Crippen molar-refractivity contribution < 1.29 is 32.0 Å². The number of fused-ring (bicyclic) bond motifs is 1. The van der Waals surface area contributed by atoms with E-state index in [9.17, 15) is 18.0 Å². The summed E-state index contributed by atoms with van der Waals surface area (Å²) in [5, 5.41) is 4.02. The third-order valence-corrected chi connectivity index (χ3v) is 5.35. The standard InChI is InChI=1S/C23H22F3N3O4/c1-13-10-16(23(24,25)26)5-6-17(13)22(30)29(3)12-14(2)20-27-21(33-28-20)15-4-7-18-19(11-15)32-9-8-31-18/h4-7,10-11,14H,8-9,12H2,1-3H3. The number of hydrogen-bond donors (Lipinski definition) is 0. The molecule has 1 amide bonds. The molecule has 1 aliphatic heterocycles. The summed E-state index contributed by atoms with van der Waals surface area (Å²) in [5.41, 5.74) is 0.360. The summed E-state index contributed by atoms with van der Waals surface area (Å²) >= 11 is 0. The van der Waals surface area contributed by atoms with Crippen LogP contribution in [0, 0.1) is 6.92 Å². The number of aryl methyl sites for hydroxylation is 1. The first-order valence-corrected chi connectivity index (χ1v) is 10.3. The Kier molecular flexibility index (Phi) is 6.01. The molecule has 0 radical (unpaired) electrons. The summed E-state index contributed by atoms with van der Waals surface area (Å²) in [6.07, 6.45) is -4.46. The minimum atomic E-state index is -4.46. The topological polar surface area (TPSA) is 77.7 Å². The van der Waals surface area contributed by atoms with Gasteiger partial charge in [0.25, 0.3) is 11.8 Å². The number of likely N-dealkylation sites (N-methyl/N-ethyl adjacent to an activating group) is 1. The number of aromatic nitrogens is 2. The van der Waals surface area contributed by atoms with Gasteiger partial charge in [-0.15, -0.1) is 0 Å². The van der Waals surface area contributed by atoms with Gasteiger partial charge in [0.05, 0.1) is 5.56 Å². The Balaban J connectivity index is 1.45. The lowest BCUT2D eigenvalue weighted by atomic mass is 10.0. The van der Waals surface area contributed by atoms with Crippen molar-refractivity contribution in [3.05, 3.63) is 58.9 Å².